The van der Waals surface area contributed by atoms with Crippen molar-refractivity contribution in [2.75, 3.05) is 37.0 Å². The van der Waals surface area contributed by atoms with Gasteiger partial charge in [-0.25, -0.2) is 9.97 Å². The third-order valence-electron chi connectivity index (χ3n) is 2.78. The highest BCUT2D eigenvalue weighted by Gasteiger charge is 2.13. The van der Waals surface area contributed by atoms with E-state index in [1.807, 2.05) is 23.8 Å². The third-order valence-corrected chi connectivity index (χ3v) is 2.78. The Balaban J connectivity index is 2.48. The van der Waals surface area contributed by atoms with Gasteiger partial charge >= 0.3 is 0 Å². The van der Waals surface area contributed by atoms with Gasteiger partial charge in [-0.1, -0.05) is 6.92 Å². The molecule has 0 saturated heterocycles. The Morgan fingerprint density at radius 3 is 2.94 bits per heavy atom. The quantitative estimate of drug-likeness (QED) is 0.799. The van der Waals surface area contributed by atoms with Crippen LogP contribution >= 0.6 is 0 Å². The molecule has 2 aromatic rings. The predicted molar refractivity (Wildman–Crippen MR) is 72.1 cm³/mol. The first kappa shape index (κ1) is 12.6. The molecule has 0 radical (unpaired) electrons. The number of imidazole rings is 1. The fraction of sp³-hybridized carbons (Fsp3) is 0.500. The van der Waals surface area contributed by atoms with Crippen LogP contribution in [0.5, 0.6) is 0 Å². The van der Waals surface area contributed by atoms with Gasteiger partial charge in [-0.05, 0) is 6.42 Å². The van der Waals surface area contributed by atoms with Crippen LogP contribution in [0.3, 0.4) is 0 Å². The minimum Gasteiger partial charge on any atom is -0.395 e. The van der Waals surface area contributed by atoms with Gasteiger partial charge in [-0.3, -0.25) is 0 Å². The van der Waals surface area contributed by atoms with Crippen molar-refractivity contribution in [2.45, 2.75) is 13.3 Å². The van der Waals surface area contributed by atoms with Crippen LogP contribution in [0.15, 0.2) is 18.6 Å². The summed E-state index contributed by atoms with van der Waals surface area (Å²) in [5.41, 5.74) is 0.816. The predicted octanol–water partition coefficient (Wildman–Crippen LogP) is 0.980. The summed E-state index contributed by atoms with van der Waals surface area (Å²) in [6, 6.07) is 0. The summed E-state index contributed by atoms with van der Waals surface area (Å²) in [5.74, 6) is 1.59. The zero-order chi connectivity index (χ0) is 13.0. The molecule has 2 rings (SSSR count). The number of hydrogen-bond donors (Lipinski definition) is 2. The molecular formula is C12H19N5O. The Morgan fingerprint density at radius 2 is 2.28 bits per heavy atom. The maximum absolute atomic E-state index is 9.16. The van der Waals surface area contributed by atoms with Crippen LogP contribution in [0.2, 0.25) is 0 Å². The van der Waals surface area contributed by atoms with Gasteiger partial charge < -0.3 is 19.7 Å². The second-order valence-electron chi connectivity index (χ2n) is 4.07. The number of aromatic nitrogens is 3. The maximum atomic E-state index is 9.16. The van der Waals surface area contributed by atoms with Gasteiger partial charge in [-0.15, -0.1) is 0 Å². The molecule has 0 aliphatic rings. The minimum absolute atomic E-state index is 0.109. The van der Waals surface area contributed by atoms with E-state index in [9.17, 15) is 0 Å². The monoisotopic (exact) mass is 249 g/mol. The summed E-state index contributed by atoms with van der Waals surface area (Å²) in [7, 11) is 1.84. The number of nitrogens with one attached hydrogen (secondary N) is 1. The van der Waals surface area contributed by atoms with E-state index in [2.05, 4.69) is 27.1 Å². The molecule has 98 valence electrons. The second-order valence-corrected chi connectivity index (χ2v) is 4.07. The molecule has 6 nitrogen and oxygen atoms in total. The summed E-state index contributed by atoms with van der Waals surface area (Å²) in [6.07, 6.45) is 6.54. The van der Waals surface area contributed by atoms with Crippen LogP contribution in [-0.4, -0.2) is 46.2 Å². The number of anilines is 2. The van der Waals surface area contributed by atoms with E-state index in [1.54, 1.807) is 6.20 Å². The molecule has 0 saturated carbocycles. The highest BCUT2D eigenvalue weighted by atomic mass is 16.3. The van der Waals surface area contributed by atoms with E-state index in [1.165, 1.54) is 0 Å². The van der Waals surface area contributed by atoms with Gasteiger partial charge in [0.25, 0.3) is 0 Å². The molecule has 0 atom stereocenters. The lowest BCUT2D eigenvalue weighted by Gasteiger charge is -2.23. The molecular weight excluding hydrogens is 230 g/mol. The van der Waals surface area contributed by atoms with Crippen molar-refractivity contribution in [3.8, 4) is 0 Å². The summed E-state index contributed by atoms with van der Waals surface area (Å²) in [6.45, 7) is 3.63. The maximum Gasteiger partial charge on any atom is 0.180 e. The lowest BCUT2D eigenvalue weighted by molar-refractivity contribution is 0.301. The average molecular weight is 249 g/mol. The zero-order valence-corrected chi connectivity index (χ0v) is 10.8. The lowest BCUT2D eigenvalue weighted by atomic mass is 10.4. The van der Waals surface area contributed by atoms with Crippen molar-refractivity contribution in [3.05, 3.63) is 18.6 Å². The fourth-order valence-corrected chi connectivity index (χ4v) is 1.96. The highest BCUT2D eigenvalue weighted by Crippen LogP contribution is 2.20. The van der Waals surface area contributed by atoms with Gasteiger partial charge in [0.05, 0.1) is 12.8 Å². The Morgan fingerprint density at radius 1 is 1.44 bits per heavy atom. The largest absolute Gasteiger partial charge is 0.395 e. The van der Waals surface area contributed by atoms with Crippen molar-refractivity contribution < 1.29 is 5.11 Å². The van der Waals surface area contributed by atoms with Gasteiger partial charge in [-0.2, -0.15) is 0 Å². The van der Waals surface area contributed by atoms with Crippen molar-refractivity contribution in [2.24, 2.45) is 0 Å². The number of aliphatic hydroxyl groups is 1. The van der Waals surface area contributed by atoms with Gasteiger partial charge in [0.15, 0.2) is 11.5 Å². The average Bonchev–Trinajstić information content (AvgIpc) is 2.85. The Kier molecular flexibility index (Phi) is 3.99. The van der Waals surface area contributed by atoms with Crippen LogP contribution in [0, 0.1) is 0 Å². The van der Waals surface area contributed by atoms with E-state index in [-0.39, 0.29) is 6.61 Å². The van der Waals surface area contributed by atoms with E-state index in [0.717, 1.165) is 30.2 Å². The molecule has 0 fully saturated rings. The molecule has 6 heteroatoms. The van der Waals surface area contributed by atoms with E-state index < -0.39 is 0 Å². The number of aliphatic hydroxyl groups excluding tert-OH is 1. The van der Waals surface area contributed by atoms with Crippen LogP contribution < -0.4 is 10.2 Å². The molecule has 0 aliphatic carbocycles. The molecule has 18 heavy (non-hydrogen) atoms. The van der Waals surface area contributed by atoms with Crippen LogP contribution in [0.1, 0.15) is 13.3 Å². The second kappa shape index (κ2) is 5.68. The molecule has 2 heterocycles. The first-order chi connectivity index (χ1) is 8.80. The van der Waals surface area contributed by atoms with E-state index >= 15 is 0 Å². The van der Waals surface area contributed by atoms with Crippen molar-refractivity contribution in [3.63, 3.8) is 0 Å². The standard InChI is InChI=1S/C12H19N5O/c1-3-5-16(7-8-18)12-11-14-4-6-17(11)9-10(13-2)15-12/h4,6,9,13,18H,3,5,7-8H2,1-2H3. The van der Waals surface area contributed by atoms with Gasteiger partial charge in [0.1, 0.15) is 5.82 Å². The fourth-order valence-electron chi connectivity index (χ4n) is 1.96. The number of fused-ring (bicyclic) bond motifs is 1. The topological polar surface area (TPSA) is 65.7 Å². The van der Waals surface area contributed by atoms with Crippen molar-refractivity contribution in [1.29, 1.82) is 0 Å². The molecule has 2 aromatic heterocycles. The summed E-state index contributed by atoms with van der Waals surface area (Å²) >= 11 is 0. The number of nitrogens with zero attached hydrogens (tertiary/aromatic N) is 4. The highest BCUT2D eigenvalue weighted by molar-refractivity contribution is 5.66. The van der Waals surface area contributed by atoms with E-state index in [4.69, 9.17) is 5.11 Å². The molecule has 0 bridgehead atoms. The molecule has 0 aromatic carbocycles. The minimum atomic E-state index is 0.109. The smallest absolute Gasteiger partial charge is 0.180 e. The normalized spacial score (nSPS) is 10.8. The molecule has 2 N–H and O–H groups in total. The Bertz CT molecular complexity index is 504. The SMILES string of the molecule is CCCN(CCO)c1nc(NC)cn2ccnc12. The van der Waals surface area contributed by atoms with E-state index in [0.29, 0.717) is 6.54 Å². The zero-order valence-electron chi connectivity index (χ0n) is 10.8. The summed E-state index contributed by atoms with van der Waals surface area (Å²) < 4.78 is 1.94. The van der Waals surface area contributed by atoms with Crippen LogP contribution in [0.4, 0.5) is 11.6 Å². The van der Waals surface area contributed by atoms with Crippen molar-refractivity contribution in [1.82, 2.24) is 14.4 Å². The molecule has 0 unspecified atom stereocenters. The van der Waals surface area contributed by atoms with Gasteiger partial charge in [0.2, 0.25) is 0 Å². The Hall–Kier alpha value is -1.82. The third kappa shape index (κ3) is 2.38. The number of hydrogen-bond acceptors (Lipinski definition) is 5. The lowest BCUT2D eigenvalue weighted by Crippen LogP contribution is -2.29. The first-order valence-electron chi connectivity index (χ1n) is 6.17. The van der Waals surface area contributed by atoms with Crippen LogP contribution in [-0.2, 0) is 0 Å². The Labute approximate surface area is 106 Å². The molecule has 0 aliphatic heterocycles. The number of rotatable bonds is 6. The summed E-state index contributed by atoms with van der Waals surface area (Å²) in [5, 5.41) is 12.2. The molecule has 0 spiro atoms. The van der Waals surface area contributed by atoms with Gasteiger partial charge in [0, 0.05) is 32.5 Å². The van der Waals surface area contributed by atoms with Crippen molar-refractivity contribution >= 4 is 17.3 Å². The molecule has 0 amide bonds. The summed E-state index contributed by atoms with van der Waals surface area (Å²) in [4.78, 5) is 10.9. The first-order valence-corrected chi connectivity index (χ1v) is 6.17. The van der Waals surface area contributed by atoms with Crippen LogP contribution in [0.25, 0.3) is 5.65 Å².